The van der Waals surface area contributed by atoms with Gasteiger partial charge in [0.1, 0.15) is 15.9 Å². The average molecular weight is 308 g/mol. The Bertz CT molecular complexity index is 612. The number of amides is 1. The number of ether oxygens (including phenoxy) is 1. The fourth-order valence-corrected chi connectivity index (χ4v) is 3.93. The Morgan fingerprint density at radius 2 is 1.86 bits per heavy atom. The molecule has 6 nitrogen and oxygen atoms in total. The molecule has 0 spiro atoms. The first-order valence-electron chi connectivity index (χ1n) is 6.63. The molecule has 1 aliphatic heterocycles. The van der Waals surface area contributed by atoms with Crippen molar-refractivity contribution in [2.45, 2.75) is 38.9 Å². The van der Waals surface area contributed by atoms with Crippen LogP contribution in [-0.2, 0) is 4.74 Å². The highest BCUT2D eigenvalue weighted by Crippen LogP contribution is 2.41. The molecule has 1 saturated heterocycles. The van der Waals surface area contributed by atoms with Crippen LogP contribution >= 0.6 is 11.3 Å². The lowest BCUT2D eigenvalue weighted by atomic mass is 9.99. The summed E-state index contributed by atoms with van der Waals surface area (Å²) in [6.07, 6.45) is 0. The van der Waals surface area contributed by atoms with E-state index in [1.165, 1.54) is 11.3 Å². The lowest BCUT2D eigenvalue weighted by molar-refractivity contribution is -0.132. The molecule has 7 heteroatoms. The van der Waals surface area contributed by atoms with Gasteiger partial charge in [0.15, 0.2) is 0 Å². The monoisotopic (exact) mass is 308 g/mol. The number of rotatable bonds is 2. The topological polar surface area (TPSA) is 105 Å². The van der Waals surface area contributed by atoms with Crippen LogP contribution < -0.4 is 16.4 Å². The number of nitrogens with zero attached hydrogens (tertiary/aromatic N) is 2. The average Bonchev–Trinajstić information content (AvgIpc) is 2.62. The largest absolute Gasteiger partial charge is 0.396 e. The Labute approximate surface area is 128 Å². The van der Waals surface area contributed by atoms with Gasteiger partial charge in [-0.05, 0) is 27.7 Å². The molecule has 0 saturated carbocycles. The normalized spacial score (nSPS) is 20.0. The fourth-order valence-electron chi connectivity index (χ4n) is 2.91. The maximum absolute atomic E-state index is 11.7. The predicted octanol–water partition coefficient (Wildman–Crippen LogP) is 1.69. The third-order valence-electron chi connectivity index (χ3n) is 3.26. The van der Waals surface area contributed by atoms with Crippen molar-refractivity contribution in [3.8, 4) is 6.07 Å². The summed E-state index contributed by atoms with van der Waals surface area (Å²) < 4.78 is 6.03. The van der Waals surface area contributed by atoms with Crippen LogP contribution in [0.4, 0.5) is 10.7 Å². The summed E-state index contributed by atoms with van der Waals surface area (Å²) in [4.78, 5) is 14.1. The molecule has 114 valence electrons. The molecule has 1 aromatic rings. The second-order valence-corrected chi connectivity index (χ2v) is 7.48. The molecule has 0 radical (unpaired) electrons. The van der Waals surface area contributed by atoms with Gasteiger partial charge in [-0.15, -0.1) is 11.3 Å². The van der Waals surface area contributed by atoms with Gasteiger partial charge in [-0.3, -0.25) is 4.79 Å². The minimum absolute atomic E-state index is 0.173. The molecule has 2 rings (SSSR count). The molecule has 21 heavy (non-hydrogen) atoms. The van der Waals surface area contributed by atoms with Crippen LogP contribution in [0.15, 0.2) is 0 Å². The van der Waals surface area contributed by atoms with Gasteiger partial charge < -0.3 is 21.1 Å². The third kappa shape index (κ3) is 2.96. The van der Waals surface area contributed by atoms with Crippen molar-refractivity contribution in [1.82, 2.24) is 0 Å². The number of hydrogen-bond donors (Lipinski definition) is 2. The molecule has 0 unspecified atom stereocenters. The third-order valence-corrected chi connectivity index (χ3v) is 4.43. The van der Waals surface area contributed by atoms with E-state index in [-0.39, 0.29) is 22.5 Å². The number of thiophene rings is 1. The van der Waals surface area contributed by atoms with E-state index in [0.717, 1.165) is 0 Å². The van der Waals surface area contributed by atoms with Gasteiger partial charge >= 0.3 is 0 Å². The lowest BCUT2D eigenvalue weighted by Crippen LogP contribution is -2.57. The van der Waals surface area contributed by atoms with Crippen molar-refractivity contribution in [2.24, 2.45) is 5.73 Å². The van der Waals surface area contributed by atoms with Crippen LogP contribution in [0.2, 0.25) is 0 Å². The van der Waals surface area contributed by atoms with E-state index < -0.39 is 5.91 Å². The number of primary amides is 1. The number of nitriles is 1. The van der Waals surface area contributed by atoms with E-state index in [0.29, 0.717) is 23.0 Å². The highest BCUT2D eigenvalue weighted by molar-refractivity contribution is 7.17. The SMILES string of the molecule is CC1(C)CN(c2sc(C#N)c(N)c2C(N)=O)CC(C)(C)O1. The standard InChI is InChI=1S/C14H20N4O2S/c1-13(2)6-18(7-14(3,4)20-13)12-9(11(17)19)10(16)8(5-15)21-12/h6-7,16H2,1-4H3,(H2,17,19). The Hall–Kier alpha value is -1.78. The molecule has 2 heterocycles. The van der Waals surface area contributed by atoms with Gasteiger partial charge in [0.05, 0.1) is 22.5 Å². The van der Waals surface area contributed by atoms with Crippen LogP contribution in [0, 0.1) is 11.3 Å². The molecule has 0 atom stereocenters. The molecule has 0 aromatic carbocycles. The van der Waals surface area contributed by atoms with Crippen molar-refractivity contribution in [3.63, 3.8) is 0 Å². The lowest BCUT2D eigenvalue weighted by Gasteiger charge is -2.47. The van der Waals surface area contributed by atoms with E-state index in [1.807, 2.05) is 38.7 Å². The molecule has 1 aliphatic rings. The highest BCUT2D eigenvalue weighted by Gasteiger charge is 2.40. The van der Waals surface area contributed by atoms with Gasteiger partial charge in [-0.25, -0.2) is 0 Å². The summed E-state index contributed by atoms with van der Waals surface area (Å²) in [7, 11) is 0. The first kappa shape index (κ1) is 15.6. The molecule has 0 bridgehead atoms. The van der Waals surface area contributed by atoms with Crippen molar-refractivity contribution < 1.29 is 9.53 Å². The fraction of sp³-hybridized carbons (Fsp3) is 0.571. The first-order chi connectivity index (χ1) is 9.56. The number of carbonyl (C=O) groups excluding carboxylic acids is 1. The molecule has 4 N–H and O–H groups in total. The van der Waals surface area contributed by atoms with Gasteiger partial charge in [0.2, 0.25) is 0 Å². The minimum atomic E-state index is -0.609. The minimum Gasteiger partial charge on any atom is -0.396 e. The van der Waals surface area contributed by atoms with Gasteiger partial charge in [0, 0.05) is 13.1 Å². The number of nitrogen functional groups attached to an aromatic ring is 1. The zero-order valence-electron chi connectivity index (χ0n) is 12.7. The zero-order valence-corrected chi connectivity index (χ0v) is 13.5. The Balaban J connectivity index is 2.51. The van der Waals surface area contributed by atoms with E-state index in [2.05, 4.69) is 0 Å². The Morgan fingerprint density at radius 3 is 2.29 bits per heavy atom. The van der Waals surface area contributed by atoms with Crippen LogP contribution in [-0.4, -0.2) is 30.2 Å². The van der Waals surface area contributed by atoms with E-state index in [4.69, 9.17) is 21.5 Å². The van der Waals surface area contributed by atoms with E-state index in [9.17, 15) is 4.79 Å². The molecule has 1 aromatic heterocycles. The van der Waals surface area contributed by atoms with Crippen LogP contribution in [0.1, 0.15) is 42.9 Å². The summed E-state index contributed by atoms with van der Waals surface area (Å²) in [5.41, 5.74) is 11.0. The van der Waals surface area contributed by atoms with Crippen LogP contribution in [0.5, 0.6) is 0 Å². The molecule has 1 amide bonds. The number of morpholine rings is 1. The maximum atomic E-state index is 11.7. The van der Waals surface area contributed by atoms with Gasteiger partial charge in [0.25, 0.3) is 5.91 Å². The molecular weight excluding hydrogens is 288 g/mol. The van der Waals surface area contributed by atoms with Crippen molar-refractivity contribution in [1.29, 1.82) is 5.26 Å². The number of carbonyl (C=O) groups is 1. The number of nitrogens with two attached hydrogens (primary N) is 2. The van der Waals surface area contributed by atoms with Crippen LogP contribution in [0.3, 0.4) is 0 Å². The number of hydrogen-bond acceptors (Lipinski definition) is 6. The van der Waals surface area contributed by atoms with Gasteiger partial charge in [-0.2, -0.15) is 5.26 Å². The second-order valence-electron chi connectivity index (χ2n) is 6.48. The van der Waals surface area contributed by atoms with E-state index in [1.54, 1.807) is 0 Å². The zero-order chi connectivity index (χ0) is 16.0. The second kappa shape index (κ2) is 4.90. The summed E-state index contributed by atoms with van der Waals surface area (Å²) in [5.74, 6) is -0.609. The summed E-state index contributed by atoms with van der Waals surface area (Å²) >= 11 is 1.21. The van der Waals surface area contributed by atoms with E-state index >= 15 is 0 Å². The summed E-state index contributed by atoms with van der Waals surface area (Å²) in [5, 5.41) is 9.78. The smallest absolute Gasteiger partial charge is 0.253 e. The predicted molar refractivity (Wildman–Crippen MR) is 83.4 cm³/mol. The highest BCUT2D eigenvalue weighted by atomic mass is 32.1. The molecule has 1 fully saturated rings. The first-order valence-corrected chi connectivity index (χ1v) is 7.45. The van der Waals surface area contributed by atoms with Gasteiger partial charge in [-0.1, -0.05) is 0 Å². The Morgan fingerprint density at radius 1 is 1.33 bits per heavy atom. The summed E-state index contributed by atoms with van der Waals surface area (Å²) in [6, 6.07) is 2.02. The number of anilines is 2. The molecule has 0 aliphatic carbocycles. The van der Waals surface area contributed by atoms with Crippen molar-refractivity contribution in [3.05, 3.63) is 10.4 Å². The van der Waals surface area contributed by atoms with Crippen LogP contribution in [0.25, 0.3) is 0 Å². The maximum Gasteiger partial charge on any atom is 0.253 e. The Kier molecular flexibility index (Phi) is 3.64. The van der Waals surface area contributed by atoms with Crippen molar-refractivity contribution in [2.75, 3.05) is 23.7 Å². The van der Waals surface area contributed by atoms with Crippen molar-refractivity contribution >= 4 is 27.9 Å². The molecular formula is C14H20N4O2S. The summed E-state index contributed by atoms with van der Waals surface area (Å²) in [6.45, 7) is 9.17. The quantitative estimate of drug-likeness (QED) is 0.865.